The van der Waals surface area contributed by atoms with Gasteiger partial charge in [-0.1, -0.05) is 23.2 Å². The van der Waals surface area contributed by atoms with Gasteiger partial charge in [-0.15, -0.1) is 0 Å². The van der Waals surface area contributed by atoms with Crippen LogP contribution in [0, 0.1) is 5.82 Å². The van der Waals surface area contributed by atoms with Crippen molar-refractivity contribution in [3.63, 3.8) is 0 Å². The van der Waals surface area contributed by atoms with E-state index in [4.69, 9.17) is 33.7 Å². The Morgan fingerprint density at radius 2 is 1.96 bits per heavy atom. The van der Waals surface area contributed by atoms with Crippen LogP contribution < -0.4 is 10.5 Å². The van der Waals surface area contributed by atoms with E-state index in [1.165, 1.54) is 32.0 Å². The third kappa shape index (κ3) is 3.93. The maximum absolute atomic E-state index is 14.8. The van der Waals surface area contributed by atoms with Gasteiger partial charge in [0.1, 0.15) is 16.5 Å². The topological polar surface area (TPSA) is 74.4 Å². The first-order valence-corrected chi connectivity index (χ1v) is 7.71. The molecule has 0 aliphatic heterocycles. The zero-order valence-corrected chi connectivity index (χ0v) is 15.0. The van der Waals surface area contributed by atoms with E-state index in [-0.39, 0.29) is 38.4 Å². The number of ether oxygens (including phenoxy) is 2. The largest absolute Gasteiger partial charge is 0.514 e. The number of carbonyl (C=O) groups excluding carboxylic acids is 1. The number of hydrogen-bond donors (Lipinski definition) is 1. The molecule has 0 bridgehead atoms. The van der Waals surface area contributed by atoms with Crippen molar-refractivity contribution >= 4 is 35.0 Å². The fourth-order valence-electron chi connectivity index (χ4n) is 2.15. The van der Waals surface area contributed by atoms with Crippen LogP contribution in [-0.4, -0.2) is 18.2 Å². The summed E-state index contributed by atoms with van der Waals surface area (Å²) < 4.78 is 38.3. The molecule has 0 aliphatic rings. The summed E-state index contributed by atoms with van der Waals surface area (Å²) in [7, 11) is 1.10. The summed E-state index contributed by atoms with van der Waals surface area (Å²) in [5, 5.41) is -0.212. The molecule has 0 saturated heterocycles. The Morgan fingerprint density at radius 3 is 2.52 bits per heavy atom. The zero-order chi connectivity index (χ0) is 18.9. The predicted molar refractivity (Wildman–Crippen MR) is 91.2 cm³/mol. The van der Waals surface area contributed by atoms with Crippen LogP contribution in [0.1, 0.15) is 19.4 Å². The standard InChI is InChI=1S/C16H14Cl2F2N2O3/c1-16(2,20)11-8(17)5-4-7(13(11)19)10-6-9(21)12(18)14(22-10)25-15(23)24-3/h4-6H,1-3H3,(H2,21,22). The molecule has 2 aromatic rings. The number of carbonyl (C=O) groups is 1. The normalized spacial score (nSPS) is 11.3. The van der Waals surface area contributed by atoms with Crippen LogP contribution >= 0.6 is 23.2 Å². The lowest BCUT2D eigenvalue weighted by atomic mass is 9.95. The molecule has 25 heavy (non-hydrogen) atoms. The predicted octanol–water partition coefficient (Wildman–Crippen LogP) is 5.13. The van der Waals surface area contributed by atoms with Crippen molar-refractivity contribution < 1.29 is 23.0 Å². The molecule has 0 spiro atoms. The van der Waals surface area contributed by atoms with Gasteiger partial charge in [0.25, 0.3) is 0 Å². The van der Waals surface area contributed by atoms with Gasteiger partial charge < -0.3 is 15.2 Å². The quantitative estimate of drug-likeness (QED) is 0.735. The first-order chi connectivity index (χ1) is 11.6. The van der Waals surface area contributed by atoms with Gasteiger partial charge in [-0.25, -0.2) is 18.6 Å². The Kier molecular flexibility index (Phi) is 5.39. The number of benzene rings is 1. The second kappa shape index (κ2) is 7.01. The number of nitrogens with zero attached hydrogens (tertiary/aromatic N) is 1. The minimum atomic E-state index is -2.03. The second-order valence-corrected chi connectivity index (χ2v) is 6.31. The summed E-state index contributed by atoms with van der Waals surface area (Å²) in [6.45, 7) is 2.35. The molecule has 9 heteroatoms. The summed E-state index contributed by atoms with van der Waals surface area (Å²) in [5.74, 6) is -1.27. The average molecular weight is 391 g/mol. The van der Waals surface area contributed by atoms with Gasteiger partial charge in [0.05, 0.1) is 18.5 Å². The minimum Gasteiger partial charge on any atom is -0.437 e. The van der Waals surface area contributed by atoms with Crippen LogP contribution in [0.4, 0.5) is 19.3 Å². The first-order valence-electron chi connectivity index (χ1n) is 6.95. The van der Waals surface area contributed by atoms with Crippen molar-refractivity contribution in [2.45, 2.75) is 19.5 Å². The van der Waals surface area contributed by atoms with E-state index >= 15 is 0 Å². The Morgan fingerprint density at radius 1 is 1.32 bits per heavy atom. The second-order valence-electron chi connectivity index (χ2n) is 5.53. The van der Waals surface area contributed by atoms with E-state index in [0.717, 1.165) is 7.11 Å². The fourth-order valence-corrected chi connectivity index (χ4v) is 2.65. The number of pyridine rings is 1. The molecule has 1 aromatic carbocycles. The molecular formula is C16H14Cl2F2N2O3. The van der Waals surface area contributed by atoms with Crippen molar-refractivity contribution in [2.24, 2.45) is 0 Å². The smallest absolute Gasteiger partial charge is 0.437 e. The summed E-state index contributed by atoms with van der Waals surface area (Å²) in [6.07, 6.45) is -1.08. The van der Waals surface area contributed by atoms with E-state index in [2.05, 4.69) is 9.72 Å². The van der Waals surface area contributed by atoms with Crippen molar-refractivity contribution in [1.29, 1.82) is 0 Å². The highest BCUT2D eigenvalue weighted by molar-refractivity contribution is 6.34. The van der Waals surface area contributed by atoms with Crippen molar-refractivity contribution in [1.82, 2.24) is 4.98 Å². The minimum absolute atomic E-state index is 0.0130. The molecule has 134 valence electrons. The Hall–Kier alpha value is -2.12. The number of nitrogens with two attached hydrogens (primary N) is 1. The molecule has 0 atom stereocenters. The van der Waals surface area contributed by atoms with E-state index < -0.39 is 17.6 Å². The third-order valence-electron chi connectivity index (χ3n) is 3.26. The molecule has 0 fully saturated rings. The lowest BCUT2D eigenvalue weighted by Crippen LogP contribution is -2.14. The number of rotatable bonds is 3. The highest BCUT2D eigenvalue weighted by Crippen LogP contribution is 2.39. The molecule has 0 radical (unpaired) electrons. The molecule has 2 rings (SSSR count). The van der Waals surface area contributed by atoms with Gasteiger partial charge in [-0.05, 0) is 32.0 Å². The van der Waals surface area contributed by atoms with E-state index in [9.17, 15) is 13.6 Å². The van der Waals surface area contributed by atoms with Crippen molar-refractivity contribution in [3.8, 4) is 17.1 Å². The average Bonchev–Trinajstić information content (AvgIpc) is 2.50. The van der Waals surface area contributed by atoms with Gasteiger partial charge in [0.2, 0.25) is 5.88 Å². The number of methoxy groups -OCH3 is 1. The third-order valence-corrected chi connectivity index (χ3v) is 3.96. The number of hydrogen-bond acceptors (Lipinski definition) is 5. The van der Waals surface area contributed by atoms with Gasteiger partial charge in [0, 0.05) is 16.1 Å². The molecule has 0 aliphatic carbocycles. The van der Waals surface area contributed by atoms with Gasteiger partial charge in [-0.2, -0.15) is 0 Å². The lowest BCUT2D eigenvalue weighted by Gasteiger charge is -2.19. The van der Waals surface area contributed by atoms with E-state index in [1.54, 1.807) is 0 Å². The molecular weight excluding hydrogens is 377 g/mol. The first kappa shape index (κ1) is 19.2. The fraction of sp³-hybridized carbons (Fsp3) is 0.250. The summed E-state index contributed by atoms with van der Waals surface area (Å²) in [6, 6.07) is 3.92. The Bertz CT molecular complexity index is 839. The number of nitrogen functional groups attached to an aromatic ring is 1. The van der Waals surface area contributed by atoms with Crippen LogP contribution in [0.2, 0.25) is 10.0 Å². The van der Waals surface area contributed by atoms with Crippen LogP contribution in [0.25, 0.3) is 11.3 Å². The van der Waals surface area contributed by atoms with Gasteiger partial charge in [-0.3, -0.25) is 0 Å². The van der Waals surface area contributed by atoms with Crippen LogP contribution in [0.15, 0.2) is 18.2 Å². The molecule has 5 nitrogen and oxygen atoms in total. The highest BCUT2D eigenvalue weighted by atomic mass is 35.5. The maximum atomic E-state index is 14.8. The molecule has 0 unspecified atom stereocenters. The van der Waals surface area contributed by atoms with E-state index in [0.29, 0.717) is 0 Å². The zero-order valence-electron chi connectivity index (χ0n) is 13.5. The summed E-state index contributed by atoms with van der Waals surface area (Å²) in [4.78, 5) is 15.2. The Balaban J connectivity index is 2.65. The molecule has 1 aromatic heterocycles. The Labute approximate surface area is 152 Å². The van der Waals surface area contributed by atoms with E-state index in [1.807, 2.05) is 0 Å². The van der Waals surface area contributed by atoms with Crippen LogP contribution in [-0.2, 0) is 10.4 Å². The summed E-state index contributed by atoms with van der Waals surface area (Å²) in [5.41, 5.74) is 3.30. The molecule has 2 N–H and O–H groups in total. The van der Waals surface area contributed by atoms with Crippen LogP contribution in [0.5, 0.6) is 5.88 Å². The summed E-state index contributed by atoms with van der Waals surface area (Å²) >= 11 is 11.8. The van der Waals surface area contributed by atoms with Crippen LogP contribution in [0.3, 0.4) is 0 Å². The van der Waals surface area contributed by atoms with Crippen molar-refractivity contribution in [2.75, 3.05) is 12.8 Å². The van der Waals surface area contributed by atoms with Gasteiger partial charge in [0.15, 0.2) is 0 Å². The molecule has 1 heterocycles. The lowest BCUT2D eigenvalue weighted by molar-refractivity contribution is 0.120. The number of halogens is 4. The number of alkyl halides is 1. The monoisotopic (exact) mass is 390 g/mol. The van der Waals surface area contributed by atoms with Crippen molar-refractivity contribution in [3.05, 3.63) is 39.6 Å². The molecule has 0 saturated carbocycles. The SMILES string of the molecule is COC(=O)Oc1nc(-c2ccc(Cl)c(C(C)(C)F)c2F)cc(N)c1Cl. The number of anilines is 1. The number of aromatic nitrogens is 1. The molecule has 0 amide bonds. The maximum Gasteiger partial charge on any atom is 0.514 e. The van der Waals surface area contributed by atoms with Gasteiger partial charge >= 0.3 is 6.16 Å². The highest BCUT2D eigenvalue weighted by Gasteiger charge is 2.29.